The third-order valence-electron chi connectivity index (χ3n) is 6.16. The van der Waals surface area contributed by atoms with Crippen molar-refractivity contribution in [1.29, 1.82) is 0 Å². The Kier molecular flexibility index (Phi) is 7.48. The maximum atomic E-state index is 11.8. The van der Waals surface area contributed by atoms with E-state index in [4.69, 9.17) is 21.1 Å². The highest BCUT2D eigenvalue weighted by Crippen LogP contribution is 2.35. The molecule has 0 spiro atoms. The molecule has 1 atom stereocenters. The van der Waals surface area contributed by atoms with Crippen molar-refractivity contribution in [2.24, 2.45) is 0 Å². The van der Waals surface area contributed by atoms with Crippen LogP contribution in [0.1, 0.15) is 22.3 Å². The normalized spacial score (nSPS) is 14.5. The highest BCUT2D eigenvalue weighted by Gasteiger charge is 2.28. The Morgan fingerprint density at radius 2 is 1.91 bits per heavy atom. The number of halogens is 1. The smallest absolute Gasteiger partial charge is 0.214 e. The number of rotatable bonds is 10. The summed E-state index contributed by atoms with van der Waals surface area (Å²) in [4.78, 5) is 13.6. The highest BCUT2D eigenvalue weighted by atomic mass is 35.5. The van der Waals surface area contributed by atoms with Crippen LogP contribution in [0.25, 0.3) is 0 Å². The molecule has 34 heavy (non-hydrogen) atoms. The van der Waals surface area contributed by atoms with Gasteiger partial charge in [0.15, 0.2) is 11.5 Å². The molecule has 1 aliphatic rings. The molecule has 3 aromatic rings. The molecule has 178 valence electrons. The number of anilines is 3. The second kappa shape index (κ2) is 10.7. The van der Waals surface area contributed by atoms with E-state index in [1.54, 1.807) is 7.11 Å². The van der Waals surface area contributed by atoms with Crippen LogP contribution in [0.3, 0.4) is 0 Å². The number of fused-ring (bicyclic) bond motifs is 1. The lowest BCUT2D eigenvalue weighted by molar-refractivity contribution is -0.107. The van der Waals surface area contributed by atoms with Gasteiger partial charge in [0.1, 0.15) is 6.61 Å². The molecule has 0 saturated heterocycles. The summed E-state index contributed by atoms with van der Waals surface area (Å²) in [5.74, 6) is 1.76. The number of methoxy groups -OCH3 is 1. The van der Waals surface area contributed by atoms with Crippen molar-refractivity contribution in [3.05, 3.63) is 76.9 Å². The number of carbonyl (C=O) groups is 1. The first-order valence-corrected chi connectivity index (χ1v) is 11.8. The summed E-state index contributed by atoms with van der Waals surface area (Å²) in [6.45, 7) is 3.04. The number of hydrogen-bond acceptors (Lipinski definition) is 5. The molecule has 3 aromatic carbocycles. The predicted molar refractivity (Wildman–Crippen MR) is 139 cm³/mol. The zero-order valence-corrected chi connectivity index (χ0v) is 20.5. The first kappa shape index (κ1) is 23.8. The van der Waals surface area contributed by atoms with Gasteiger partial charge >= 0.3 is 0 Å². The molecule has 0 aromatic heterocycles. The van der Waals surface area contributed by atoms with E-state index >= 15 is 0 Å². The third kappa shape index (κ3) is 5.07. The van der Waals surface area contributed by atoms with E-state index in [0.717, 1.165) is 46.6 Å². The summed E-state index contributed by atoms with van der Waals surface area (Å²) in [5, 5.41) is 6.68. The number of nitrogens with zero attached hydrogens (tertiary/aromatic N) is 1. The minimum Gasteiger partial charge on any atom is -0.493 e. The van der Waals surface area contributed by atoms with E-state index in [1.165, 1.54) is 5.56 Å². The van der Waals surface area contributed by atoms with Crippen LogP contribution in [-0.2, 0) is 23.7 Å². The van der Waals surface area contributed by atoms with Crippen molar-refractivity contribution < 1.29 is 14.3 Å². The quantitative estimate of drug-likeness (QED) is 0.302. The average molecular weight is 480 g/mol. The van der Waals surface area contributed by atoms with Crippen molar-refractivity contribution in [1.82, 2.24) is 0 Å². The van der Waals surface area contributed by atoms with Crippen LogP contribution in [-0.4, -0.2) is 33.2 Å². The molecule has 1 unspecified atom stereocenters. The van der Waals surface area contributed by atoms with Crippen LogP contribution >= 0.6 is 11.6 Å². The molecule has 4 rings (SSSR count). The van der Waals surface area contributed by atoms with Gasteiger partial charge in [0.2, 0.25) is 6.41 Å². The molecule has 1 heterocycles. The van der Waals surface area contributed by atoms with Gasteiger partial charge in [-0.15, -0.1) is 11.6 Å². The van der Waals surface area contributed by atoms with Gasteiger partial charge in [0.05, 0.1) is 13.2 Å². The Balaban J connectivity index is 1.49. The summed E-state index contributed by atoms with van der Waals surface area (Å²) in [6, 6.07) is 18.1. The predicted octanol–water partition coefficient (Wildman–Crippen LogP) is 5.36. The Hall–Kier alpha value is -3.38. The Morgan fingerprint density at radius 1 is 1.12 bits per heavy atom. The van der Waals surface area contributed by atoms with Crippen molar-refractivity contribution in [2.45, 2.75) is 31.9 Å². The molecule has 6 nitrogen and oxygen atoms in total. The molecule has 2 N–H and O–H groups in total. The second-order valence-electron chi connectivity index (χ2n) is 8.41. The van der Waals surface area contributed by atoms with E-state index in [0.29, 0.717) is 30.5 Å². The minimum absolute atomic E-state index is 0.0547. The molecule has 1 aliphatic heterocycles. The topological polar surface area (TPSA) is 62.8 Å². The fourth-order valence-corrected chi connectivity index (χ4v) is 4.53. The standard InChI is InChI=1S/C27H30ClN3O3/c1-18-8-26(33-3)27(34-16-20-9-19(14-28)10-22(11-20)29-2)13-24(18)30-15-23-12-21-6-4-5-7-25(21)31(23)17-32/h4-11,13,17,23,29-30H,12,14-16H2,1-3H3. The van der Waals surface area contributed by atoms with Gasteiger partial charge in [-0.25, -0.2) is 0 Å². The first-order valence-electron chi connectivity index (χ1n) is 11.3. The van der Waals surface area contributed by atoms with Gasteiger partial charge in [-0.2, -0.15) is 0 Å². The second-order valence-corrected chi connectivity index (χ2v) is 8.68. The average Bonchev–Trinajstić information content (AvgIpc) is 3.24. The Morgan fingerprint density at radius 3 is 2.65 bits per heavy atom. The fourth-order valence-electron chi connectivity index (χ4n) is 4.38. The lowest BCUT2D eigenvalue weighted by Crippen LogP contribution is -2.36. The van der Waals surface area contributed by atoms with E-state index in [9.17, 15) is 4.79 Å². The number of alkyl halides is 1. The van der Waals surface area contributed by atoms with E-state index in [2.05, 4.69) is 16.7 Å². The molecule has 0 aliphatic carbocycles. The number of nitrogens with one attached hydrogen (secondary N) is 2. The molecule has 0 radical (unpaired) electrons. The summed E-state index contributed by atoms with van der Waals surface area (Å²) in [6.07, 6.45) is 1.74. The number of carbonyl (C=O) groups excluding carboxylic acids is 1. The molecule has 0 fully saturated rings. The van der Waals surface area contributed by atoms with E-state index in [1.807, 2.05) is 67.4 Å². The lowest BCUT2D eigenvalue weighted by Gasteiger charge is -2.23. The molecular weight excluding hydrogens is 450 g/mol. The zero-order chi connectivity index (χ0) is 24.1. The van der Waals surface area contributed by atoms with Crippen LogP contribution in [0, 0.1) is 6.92 Å². The van der Waals surface area contributed by atoms with Gasteiger partial charge in [-0.05, 0) is 59.9 Å². The third-order valence-corrected chi connectivity index (χ3v) is 6.47. The number of benzene rings is 3. The van der Waals surface area contributed by atoms with Crippen molar-refractivity contribution in [3.63, 3.8) is 0 Å². The summed E-state index contributed by atoms with van der Waals surface area (Å²) in [5.41, 5.74) is 7.21. The molecule has 7 heteroatoms. The molecule has 0 saturated carbocycles. The van der Waals surface area contributed by atoms with Crippen molar-refractivity contribution in [3.8, 4) is 11.5 Å². The van der Waals surface area contributed by atoms with Crippen LogP contribution in [0.4, 0.5) is 17.1 Å². The fraction of sp³-hybridized carbons (Fsp3) is 0.296. The van der Waals surface area contributed by atoms with E-state index in [-0.39, 0.29) is 6.04 Å². The zero-order valence-electron chi connectivity index (χ0n) is 19.7. The molecular formula is C27H30ClN3O3. The monoisotopic (exact) mass is 479 g/mol. The Labute approximate surface area is 205 Å². The Bertz CT molecular complexity index is 1150. The van der Waals surface area contributed by atoms with Crippen LogP contribution in [0.15, 0.2) is 54.6 Å². The minimum atomic E-state index is 0.0547. The van der Waals surface area contributed by atoms with Crippen LogP contribution in [0.5, 0.6) is 11.5 Å². The first-order chi connectivity index (χ1) is 16.6. The van der Waals surface area contributed by atoms with Gasteiger partial charge < -0.3 is 25.0 Å². The van der Waals surface area contributed by atoms with Crippen LogP contribution in [0.2, 0.25) is 0 Å². The van der Waals surface area contributed by atoms with Gasteiger partial charge in [-0.3, -0.25) is 4.79 Å². The number of amides is 1. The summed E-state index contributed by atoms with van der Waals surface area (Å²) in [7, 11) is 3.52. The van der Waals surface area contributed by atoms with Gasteiger partial charge in [0, 0.05) is 42.6 Å². The molecule has 1 amide bonds. The number of para-hydroxylation sites is 1. The van der Waals surface area contributed by atoms with Crippen LogP contribution < -0.4 is 25.0 Å². The number of ether oxygens (including phenoxy) is 2. The molecule has 0 bridgehead atoms. The largest absolute Gasteiger partial charge is 0.493 e. The SMILES string of the molecule is CNc1cc(CCl)cc(COc2cc(NCC3Cc4ccccc4N3C=O)c(C)cc2OC)c1. The maximum absolute atomic E-state index is 11.8. The maximum Gasteiger partial charge on any atom is 0.214 e. The van der Waals surface area contributed by atoms with Crippen molar-refractivity contribution in [2.75, 3.05) is 36.2 Å². The van der Waals surface area contributed by atoms with Gasteiger partial charge in [-0.1, -0.05) is 24.3 Å². The highest BCUT2D eigenvalue weighted by molar-refractivity contribution is 6.17. The number of hydrogen-bond donors (Lipinski definition) is 2. The van der Waals surface area contributed by atoms with E-state index < -0.39 is 0 Å². The lowest BCUT2D eigenvalue weighted by atomic mass is 10.1. The summed E-state index contributed by atoms with van der Waals surface area (Å²) >= 11 is 6.05. The van der Waals surface area contributed by atoms with Gasteiger partial charge in [0.25, 0.3) is 0 Å². The number of aryl methyl sites for hydroxylation is 1. The summed E-state index contributed by atoms with van der Waals surface area (Å²) < 4.78 is 11.7. The van der Waals surface area contributed by atoms with Crippen molar-refractivity contribution >= 4 is 35.1 Å².